The van der Waals surface area contributed by atoms with Crippen LogP contribution in [0.1, 0.15) is 6.92 Å². The summed E-state index contributed by atoms with van der Waals surface area (Å²) in [5, 5.41) is 0. The predicted octanol–water partition coefficient (Wildman–Crippen LogP) is -1.20. The summed E-state index contributed by atoms with van der Waals surface area (Å²) >= 11 is -2.42. The van der Waals surface area contributed by atoms with Gasteiger partial charge in [-0.25, -0.2) is 4.21 Å². The molecule has 0 aliphatic heterocycles. The fourth-order valence-corrected chi connectivity index (χ4v) is 0.489. The predicted molar refractivity (Wildman–Crippen MR) is 47.9 cm³/mol. The molecule has 0 aliphatic rings. The molecule has 0 radical (unpaired) electrons. The maximum absolute atomic E-state index is 9.63. The third-order valence-corrected chi connectivity index (χ3v) is 0.957. The van der Waals surface area contributed by atoms with Crippen LogP contribution in [0.4, 0.5) is 0 Å². The van der Waals surface area contributed by atoms with E-state index in [1.54, 1.807) is 6.92 Å². The summed E-state index contributed by atoms with van der Waals surface area (Å²) in [6, 6.07) is -0.229. The van der Waals surface area contributed by atoms with Crippen LogP contribution in [0, 0.1) is 0 Å². The number of primary amides is 1. The van der Waals surface area contributed by atoms with E-state index in [4.69, 9.17) is 5.73 Å². The molecule has 78 valence electrons. The second kappa shape index (κ2) is 9.33. The van der Waals surface area contributed by atoms with Crippen molar-refractivity contribution >= 4 is 17.3 Å². The Morgan fingerprint density at radius 3 is 2.31 bits per heavy atom. The molecule has 0 spiro atoms. The van der Waals surface area contributed by atoms with Crippen molar-refractivity contribution in [2.45, 2.75) is 13.0 Å². The summed E-state index contributed by atoms with van der Waals surface area (Å²) in [5.41, 5.74) is 9.68. The van der Waals surface area contributed by atoms with Gasteiger partial charge < -0.3 is 16.0 Å². The Kier molecular flexibility index (Phi) is 10.6. The Balaban J connectivity index is 0. The SMILES string of the molecule is C=CC(N)=O.CC(N)COS(=O)[O-]. The largest absolute Gasteiger partial charge is 0.750 e. The minimum Gasteiger partial charge on any atom is -0.750 e. The Morgan fingerprint density at radius 2 is 2.23 bits per heavy atom. The summed E-state index contributed by atoms with van der Waals surface area (Å²) in [7, 11) is 0. The number of carbonyl (C=O) groups is 1. The minimum absolute atomic E-state index is 0.0517. The highest BCUT2D eigenvalue weighted by Crippen LogP contribution is 1.80. The maximum atomic E-state index is 9.63. The van der Waals surface area contributed by atoms with Crippen molar-refractivity contribution in [2.75, 3.05) is 6.61 Å². The molecular weight excluding hydrogens is 196 g/mol. The van der Waals surface area contributed by atoms with Gasteiger partial charge in [0.25, 0.3) is 0 Å². The van der Waals surface area contributed by atoms with Gasteiger partial charge in [0.15, 0.2) is 0 Å². The molecule has 6 nitrogen and oxygen atoms in total. The number of amides is 1. The second-order valence-electron chi connectivity index (χ2n) is 2.07. The highest BCUT2D eigenvalue weighted by atomic mass is 32.2. The van der Waals surface area contributed by atoms with E-state index < -0.39 is 17.3 Å². The second-order valence-corrected chi connectivity index (χ2v) is 2.72. The van der Waals surface area contributed by atoms with Gasteiger partial charge in [0.05, 0.1) is 18.0 Å². The lowest BCUT2D eigenvalue weighted by molar-refractivity contribution is -0.113. The van der Waals surface area contributed by atoms with Crippen LogP contribution in [0.5, 0.6) is 0 Å². The van der Waals surface area contributed by atoms with E-state index in [1.165, 1.54) is 0 Å². The Hall–Kier alpha value is -0.760. The molecule has 0 bridgehead atoms. The van der Waals surface area contributed by atoms with Crippen molar-refractivity contribution in [3.63, 3.8) is 0 Å². The van der Waals surface area contributed by atoms with Crippen LogP contribution in [-0.2, 0) is 20.3 Å². The molecule has 0 aliphatic carbocycles. The molecule has 0 heterocycles. The van der Waals surface area contributed by atoms with Crippen LogP contribution in [-0.4, -0.2) is 27.3 Å². The van der Waals surface area contributed by atoms with Crippen LogP contribution in [0.3, 0.4) is 0 Å². The first-order valence-electron chi connectivity index (χ1n) is 3.30. The van der Waals surface area contributed by atoms with Crippen molar-refractivity contribution in [2.24, 2.45) is 11.5 Å². The van der Waals surface area contributed by atoms with Crippen molar-refractivity contribution < 1.29 is 17.7 Å². The molecule has 0 rings (SSSR count). The molecule has 0 aromatic carbocycles. The monoisotopic (exact) mass is 209 g/mol. The van der Waals surface area contributed by atoms with Crippen molar-refractivity contribution in [3.05, 3.63) is 12.7 Å². The highest BCUT2D eigenvalue weighted by molar-refractivity contribution is 7.74. The van der Waals surface area contributed by atoms with E-state index in [2.05, 4.69) is 16.5 Å². The molecule has 0 aromatic rings. The molecule has 0 saturated carbocycles. The number of rotatable bonds is 4. The molecular formula is C6H13N2O4S-. The third kappa shape index (κ3) is 24.6. The van der Waals surface area contributed by atoms with E-state index in [9.17, 15) is 13.6 Å². The molecule has 13 heavy (non-hydrogen) atoms. The maximum Gasteiger partial charge on any atom is 0.240 e. The Bertz CT molecular complexity index is 183. The molecule has 7 heteroatoms. The van der Waals surface area contributed by atoms with E-state index in [1.807, 2.05) is 0 Å². The highest BCUT2D eigenvalue weighted by Gasteiger charge is 1.91. The lowest BCUT2D eigenvalue weighted by Gasteiger charge is -2.06. The first-order chi connectivity index (χ1) is 5.90. The quantitative estimate of drug-likeness (QED) is 0.445. The average Bonchev–Trinajstić information content (AvgIpc) is 2.02. The fourth-order valence-electron chi connectivity index (χ4n) is 0.163. The van der Waals surface area contributed by atoms with Crippen molar-refractivity contribution in [3.8, 4) is 0 Å². The summed E-state index contributed by atoms with van der Waals surface area (Å²) in [5.74, 6) is -0.481. The molecule has 2 atom stereocenters. The van der Waals surface area contributed by atoms with E-state index in [0.29, 0.717) is 0 Å². The lowest BCUT2D eigenvalue weighted by Crippen LogP contribution is -2.22. The molecule has 0 saturated heterocycles. The zero-order chi connectivity index (χ0) is 10.9. The summed E-state index contributed by atoms with van der Waals surface area (Å²) in [6.45, 7) is 4.80. The van der Waals surface area contributed by atoms with Crippen LogP contribution < -0.4 is 11.5 Å². The Morgan fingerprint density at radius 1 is 1.85 bits per heavy atom. The number of carbonyl (C=O) groups excluding carboxylic acids is 1. The van der Waals surface area contributed by atoms with Gasteiger partial charge in [0, 0.05) is 6.04 Å². The minimum atomic E-state index is -2.42. The Labute approximate surface area is 79.4 Å². The summed E-state index contributed by atoms with van der Waals surface area (Å²) in [6.07, 6.45) is 1.06. The molecule has 1 amide bonds. The third-order valence-electron chi connectivity index (χ3n) is 0.628. The van der Waals surface area contributed by atoms with Crippen molar-refractivity contribution in [1.29, 1.82) is 0 Å². The van der Waals surface area contributed by atoms with Gasteiger partial charge in [-0.2, -0.15) is 0 Å². The van der Waals surface area contributed by atoms with Gasteiger partial charge in [-0.3, -0.25) is 8.98 Å². The summed E-state index contributed by atoms with van der Waals surface area (Å²) in [4.78, 5) is 9.47. The van der Waals surface area contributed by atoms with Crippen LogP contribution in [0.2, 0.25) is 0 Å². The number of hydrogen-bond donors (Lipinski definition) is 2. The normalized spacial score (nSPS) is 13.5. The molecule has 2 unspecified atom stereocenters. The first-order valence-corrected chi connectivity index (χ1v) is 4.30. The topological polar surface area (TPSA) is 118 Å². The van der Waals surface area contributed by atoms with E-state index in [0.717, 1.165) is 6.08 Å². The van der Waals surface area contributed by atoms with Crippen LogP contribution in [0.25, 0.3) is 0 Å². The zero-order valence-electron chi connectivity index (χ0n) is 7.26. The average molecular weight is 209 g/mol. The van der Waals surface area contributed by atoms with Gasteiger partial charge in [0.1, 0.15) is 0 Å². The van der Waals surface area contributed by atoms with E-state index >= 15 is 0 Å². The smallest absolute Gasteiger partial charge is 0.240 e. The number of nitrogens with two attached hydrogens (primary N) is 2. The number of hydrogen-bond acceptors (Lipinski definition) is 5. The van der Waals surface area contributed by atoms with Gasteiger partial charge in [-0.15, -0.1) is 0 Å². The van der Waals surface area contributed by atoms with Gasteiger partial charge in [-0.05, 0) is 13.0 Å². The fraction of sp³-hybridized carbons (Fsp3) is 0.500. The van der Waals surface area contributed by atoms with Crippen molar-refractivity contribution in [1.82, 2.24) is 0 Å². The van der Waals surface area contributed by atoms with Gasteiger partial charge in [0.2, 0.25) is 5.91 Å². The first kappa shape index (κ1) is 14.7. The molecule has 0 fully saturated rings. The van der Waals surface area contributed by atoms with E-state index in [-0.39, 0.29) is 12.6 Å². The van der Waals surface area contributed by atoms with Crippen LogP contribution in [0.15, 0.2) is 12.7 Å². The van der Waals surface area contributed by atoms with Gasteiger partial charge >= 0.3 is 0 Å². The molecule has 0 aromatic heterocycles. The lowest BCUT2D eigenvalue weighted by atomic mass is 10.4. The zero-order valence-corrected chi connectivity index (χ0v) is 8.08. The summed E-state index contributed by atoms with van der Waals surface area (Å²) < 4.78 is 23.3. The molecule has 4 N–H and O–H groups in total. The standard InChI is InChI=1S/C3H9NO3S.C3H5NO/c1-3(4)2-7-8(5)6;1-2-3(4)5/h3H,2,4H2,1H3,(H,5,6);2H,1H2,(H2,4,5)/p-1. The van der Waals surface area contributed by atoms with Gasteiger partial charge in [-0.1, -0.05) is 6.58 Å². The van der Waals surface area contributed by atoms with Crippen LogP contribution >= 0.6 is 0 Å².